The van der Waals surface area contributed by atoms with E-state index in [-0.39, 0.29) is 19.0 Å². The van der Waals surface area contributed by atoms with Crippen LogP contribution in [0.2, 0.25) is 0 Å². The molecule has 1 aromatic carbocycles. The fourth-order valence-electron chi connectivity index (χ4n) is 2.65. The lowest BCUT2D eigenvalue weighted by Gasteiger charge is -2.13. The van der Waals surface area contributed by atoms with Gasteiger partial charge in [-0.3, -0.25) is 14.7 Å². The van der Waals surface area contributed by atoms with E-state index in [4.69, 9.17) is 0 Å². The van der Waals surface area contributed by atoms with Crippen molar-refractivity contribution in [2.45, 2.75) is 13.0 Å². The summed E-state index contributed by atoms with van der Waals surface area (Å²) in [5, 5.41) is 15.0. The van der Waals surface area contributed by atoms with Gasteiger partial charge in [0.2, 0.25) is 0 Å². The van der Waals surface area contributed by atoms with E-state index in [0.717, 1.165) is 36.4 Å². The van der Waals surface area contributed by atoms with Gasteiger partial charge in [-0.2, -0.15) is 5.10 Å². The molecule has 0 fully saturated rings. The van der Waals surface area contributed by atoms with Crippen LogP contribution in [0.3, 0.4) is 0 Å². The third-order valence-electron chi connectivity index (χ3n) is 3.91. The summed E-state index contributed by atoms with van der Waals surface area (Å²) in [4.78, 5) is 24.0. The smallest absolute Gasteiger partial charge is 0.272 e. The number of hydrogen-bond acceptors (Lipinski definition) is 4. The Morgan fingerprint density at radius 3 is 2.52 bits per heavy atom. The number of carbonyl (C=O) groups excluding carboxylic acids is 2. The normalized spacial score (nSPS) is 13.2. The average molecular weight is 349 g/mol. The van der Waals surface area contributed by atoms with E-state index in [1.807, 2.05) is 0 Å². The first-order valence-electron chi connectivity index (χ1n) is 7.85. The Kier molecular flexibility index (Phi) is 5.03. The van der Waals surface area contributed by atoms with E-state index < -0.39 is 23.1 Å². The Bertz CT molecular complexity index is 786. The monoisotopic (exact) mass is 349 g/mol. The van der Waals surface area contributed by atoms with Crippen LogP contribution < -0.4 is 16.0 Å². The molecule has 0 atom stereocenters. The predicted octanol–water partition coefficient (Wildman–Crippen LogP) is 0.493. The molecule has 2 aromatic rings. The molecule has 2 amide bonds. The number of benzene rings is 1. The summed E-state index contributed by atoms with van der Waals surface area (Å²) < 4.78 is 27.0. The van der Waals surface area contributed by atoms with E-state index >= 15 is 0 Å². The molecule has 1 aliphatic heterocycles. The van der Waals surface area contributed by atoms with Gasteiger partial charge in [-0.25, -0.2) is 8.78 Å². The summed E-state index contributed by atoms with van der Waals surface area (Å²) in [5.74, 6) is -3.10. The minimum absolute atomic E-state index is 0.0310. The van der Waals surface area contributed by atoms with Gasteiger partial charge in [0.05, 0.1) is 0 Å². The summed E-state index contributed by atoms with van der Waals surface area (Å²) in [5.41, 5.74) is 1.45. The Labute approximate surface area is 142 Å². The summed E-state index contributed by atoms with van der Waals surface area (Å²) >= 11 is 0. The number of carbonyl (C=O) groups is 2. The van der Waals surface area contributed by atoms with E-state index in [1.165, 1.54) is 6.07 Å². The third-order valence-corrected chi connectivity index (χ3v) is 3.91. The highest BCUT2D eigenvalue weighted by atomic mass is 19.1. The quantitative estimate of drug-likeness (QED) is 0.591. The first kappa shape index (κ1) is 17.0. The van der Waals surface area contributed by atoms with Gasteiger partial charge in [-0.05, 0) is 12.1 Å². The summed E-state index contributed by atoms with van der Waals surface area (Å²) in [6.45, 7) is 1.53. The van der Waals surface area contributed by atoms with E-state index in [0.29, 0.717) is 12.2 Å². The highest BCUT2D eigenvalue weighted by Crippen LogP contribution is 2.15. The molecule has 0 radical (unpaired) electrons. The number of H-pyrrole nitrogens is 1. The van der Waals surface area contributed by atoms with Gasteiger partial charge in [-0.15, -0.1) is 0 Å². The van der Waals surface area contributed by atoms with E-state index in [1.54, 1.807) is 0 Å². The maximum Gasteiger partial charge on any atom is 0.272 e. The number of rotatable bonds is 5. The summed E-state index contributed by atoms with van der Waals surface area (Å²) in [7, 11) is 0. The Balaban J connectivity index is 1.51. The highest BCUT2D eigenvalue weighted by Gasteiger charge is 2.21. The molecular formula is C16H17F2N5O2. The average Bonchev–Trinajstić information content (AvgIpc) is 3.02. The summed E-state index contributed by atoms with van der Waals surface area (Å²) in [6.07, 6.45) is 0.778. The summed E-state index contributed by atoms with van der Waals surface area (Å²) in [6, 6.07) is 3.20. The fourth-order valence-corrected chi connectivity index (χ4v) is 2.65. The molecule has 2 heterocycles. The van der Waals surface area contributed by atoms with Crippen molar-refractivity contribution < 1.29 is 18.4 Å². The van der Waals surface area contributed by atoms with Crippen LogP contribution in [0.15, 0.2) is 18.2 Å². The van der Waals surface area contributed by atoms with E-state index in [2.05, 4.69) is 26.1 Å². The number of aromatic amines is 1. The van der Waals surface area contributed by atoms with Gasteiger partial charge in [0.25, 0.3) is 11.8 Å². The molecule has 25 heavy (non-hydrogen) atoms. The molecule has 3 rings (SSSR count). The van der Waals surface area contributed by atoms with Gasteiger partial charge in [0.15, 0.2) is 5.69 Å². The van der Waals surface area contributed by atoms with Crippen LogP contribution in [0.5, 0.6) is 0 Å². The minimum Gasteiger partial charge on any atom is -0.350 e. The molecule has 7 nitrogen and oxygen atoms in total. The van der Waals surface area contributed by atoms with Crippen LogP contribution in [0, 0.1) is 11.6 Å². The van der Waals surface area contributed by atoms with Crippen molar-refractivity contribution in [2.24, 2.45) is 0 Å². The van der Waals surface area contributed by atoms with Crippen LogP contribution in [-0.2, 0) is 13.0 Å². The number of fused-ring (bicyclic) bond motifs is 1. The van der Waals surface area contributed by atoms with Gasteiger partial charge in [-0.1, -0.05) is 6.07 Å². The Morgan fingerprint density at radius 2 is 1.80 bits per heavy atom. The molecule has 1 aliphatic rings. The lowest BCUT2D eigenvalue weighted by atomic mass is 10.1. The first-order chi connectivity index (χ1) is 12.1. The maximum absolute atomic E-state index is 13.5. The second-order valence-electron chi connectivity index (χ2n) is 5.56. The molecule has 0 saturated heterocycles. The Hall–Kier alpha value is -2.81. The minimum atomic E-state index is -0.933. The van der Waals surface area contributed by atoms with Crippen LogP contribution in [0.4, 0.5) is 8.78 Å². The van der Waals surface area contributed by atoms with Gasteiger partial charge in [0.1, 0.15) is 17.2 Å². The standard InChI is InChI=1S/C16H17F2N5O2/c17-10-2-1-3-11(18)13(10)15(24)20-6-7-21-16(25)14-9-8-19-5-4-12(9)22-23-14/h1-3,19H,4-8H2,(H,20,24)(H,21,25)(H,22,23). The first-order valence-corrected chi connectivity index (χ1v) is 7.85. The van der Waals surface area contributed by atoms with Crippen LogP contribution >= 0.6 is 0 Å². The van der Waals surface area contributed by atoms with Crippen molar-refractivity contribution in [2.75, 3.05) is 19.6 Å². The lowest BCUT2D eigenvalue weighted by Crippen LogP contribution is -2.36. The zero-order valence-corrected chi connectivity index (χ0v) is 13.3. The van der Waals surface area contributed by atoms with Crippen LogP contribution in [0.25, 0.3) is 0 Å². The number of nitrogens with zero attached hydrogens (tertiary/aromatic N) is 1. The predicted molar refractivity (Wildman–Crippen MR) is 85.0 cm³/mol. The number of aromatic nitrogens is 2. The molecule has 4 N–H and O–H groups in total. The molecule has 0 unspecified atom stereocenters. The lowest BCUT2D eigenvalue weighted by molar-refractivity contribution is 0.0920. The van der Waals surface area contributed by atoms with Crippen molar-refractivity contribution >= 4 is 11.8 Å². The van der Waals surface area contributed by atoms with Crippen LogP contribution in [-0.4, -0.2) is 41.6 Å². The number of amides is 2. The molecule has 132 valence electrons. The SMILES string of the molecule is O=C(NCCNC(=O)c1c(F)cccc1F)c1n[nH]c2c1CNCC2. The zero-order chi connectivity index (χ0) is 17.8. The second kappa shape index (κ2) is 7.39. The third kappa shape index (κ3) is 3.66. The molecular weight excluding hydrogens is 332 g/mol. The van der Waals surface area contributed by atoms with Crippen LogP contribution in [0.1, 0.15) is 32.1 Å². The topological polar surface area (TPSA) is 98.9 Å². The maximum atomic E-state index is 13.5. The van der Waals surface area contributed by atoms with Crippen molar-refractivity contribution in [1.82, 2.24) is 26.1 Å². The fraction of sp³-hybridized carbons (Fsp3) is 0.312. The molecule has 9 heteroatoms. The molecule has 0 saturated carbocycles. The largest absolute Gasteiger partial charge is 0.350 e. The number of hydrogen-bond donors (Lipinski definition) is 4. The second-order valence-corrected chi connectivity index (χ2v) is 5.56. The van der Waals surface area contributed by atoms with Crippen molar-refractivity contribution in [3.8, 4) is 0 Å². The van der Waals surface area contributed by atoms with Gasteiger partial charge < -0.3 is 16.0 Å². The molecule has 0 aliphatic carbocycles. The molecule has 0 bridgehead atoms. The highest BCUT2D eigenvalue weighted by molar-refractivity contribution is 5.95. The van der Waals surface area contributed by atoms with Crippen molar-refractivity contribution in [1.29, 1.82) is 0 Å². The van der Waals surface area contributed by atoms with Gasteiger partial charge >= 0.3 is 0 Å². The van der Waals surface area contributed by atoms with E-state index in [9.17, 15) is 18.4 Å². The Morgan fingerprint density at radius 1 is 1.12 bits per heavy atom. The van der Waals surface area contributed by atoms with Crippen molar-refractivity contribution in [3.63, 3.8) is 0 Å². The molecule has 0 spiro atoms. The van der Waals surface area contributed by atoms with Crippen molar-refractivity contribution in [3.05, 3.63) is 52.3 Å². The van der Waals surface area contributed by atoms with Gasteiger partial charge in [0, 0.05) is 43.9 Å². The number of nitrogens with one attached hydrogen (secondary N) is 4. The molecule has 1 aromatic heterocycles. The zero-order valence-electron chi connectivity index (χ0n) is 13.3. The number of halogens is 2.